The van der Waals surface area contributed by atoms with Gasteiger partial charge in [-0.25, -0.2) is 0 Å². The van der Waals surface area contributed by atoms with Gasteiger partial charge in [-0.3, -0.25) is 4.79 Å². The van der Waals surface area contributed by atoms with Crippen molar-refractivity contribution in [2.24, 2.45) is 5.41 Å². The van der Waals surface area contributed by atoms with Gasteiger partial charge in [0, 0.05) is 25.6 Å². The first-order chi connectivity index (χ1) is 7.03. The third kappa shape index (κ3) is 5.38. The molecule has 0 atom stereocenters. The lowest BCUT2D eigenvalue weighted by Gasteiger charge is -2.15. The highest BCUT2D eigenvalue weighted by atomic mass is 16.1. The van der Waals surface area contributed by atoms with Gasteiger partial charge in [-0.2, -0.15) is 5.26 Å². The Bertz CT molecular complexity index is 263. The number of nitrogens with zero attached hydrogens (tertiary/aromatic N) is 1. The Morgan fingerprint density at radius 3 is 2.73 bits per heavy atom. The van der Waals surface area contributed by atoms with E-state index < -0.39 is 5.41 Å². The van der Waals surface area contributed by atoms with E-state index in [0.717, 1.165) is 6.54 Å². The van der Waals surface area contributed by atoms with Crippen LogP contribution in [0.15, 0.2) is 0 Å². The molecule has 1 aliphatic rings. The quantitative estimate of drug-likeness (QED) is 0.680. The highest BCUT2D eigenvalue weighted by Crippen LogP contribution is 2.18. The maximum Gasteiger partial charge on any atom is 0.221 e. The maximum absolute atomic E-state index is 11.3. The molecule has 0 radical (unpaired) electrons. The number of hydrogen-bond acceptors (Lipinski definition) is 3. The monoisotopic (exact) mass is 209 g/mol. The van der Waals surface area contributed by atoms with Crippen molar-refractivity contribution in [2.75, 3.05) is 13.1 Å². The average Bonchev–Trinajstić information content (AvgIpc) is 2.99. The fourth-order valence-corrected chi connectivity index (χ4v) is 1.12. The lowest BCUT2D eigenvalue weighted by molar-refractivity contribution is -0.121. The molecule has 1 aliphatic carbocycles. The molecule has 0 aromatic heterocycles. The Kier molecular flexibility index (Phi) is 4.10. The SMILES string of the molecule is CC(C)(C#N)CNC(=O)CCNC1CC1. The highest BCUT2D eigenvalue weighted by molar-refractivity contribution is 5.76. The largest absolute Gasteiger partial charge is 0.354 e. The molecular formula is C11H19N3O. The molecular weight excluding hydrogens is 190 g/mol. The number of nitriles is 1. The zero-order valence-electron chi connectivity index (χ0n) is 9.47. The summed E-state index contributed by atoms with van der Waals surface area (Å²) < 4.78 is 0. The van der Waals surface area contributed by atoms with Crippen LogP contribution in [0.4, 0.5) is 0 Å². The van der Waals surface area contributed by atoms with Gasteiger partial charge in [0.15, 0.2) is 0 Å². The first-order valence-electron chi connectivity index (χ1n) is 5.45. The van der Waals surface area contributed by atoms with Crippen molar-refractivity contribution < 1.29 is 4.79 Å². The molecule has 1 fully saturated rings. The second kappa shape index (κ2) is 5.13. The predicted octanol–water partition coefficient (Wildman–Crippen LogP) is 0.794. The van der Waals surface area contributed by atoms with Crippen LogP contribution in [0.5, 0.6) is 0 Å². The van der Waals surface area contributed by atoms with Crippen LogP contribution in [0.25, 0.3) is 0 Å². The molecule has 0 unspecified atom stereocenters. The third-order valence-electron chi connectivity index (χ3n) is 2.39. The van der Waals surface area contributed by atoms with Gasteiger partial charge in [-0.1, -0.05) is 0 Å². The van der Waals surface area contributed by atoms with Crippen LogP contribution in [0.1, 0.15) is 33.1 Å². The normalized spacial score (nSPS) is 15.8. The van der Waals surface area contributed by atoms with Crippen molar-refractivity contribution in [3.05, 3.63) is 0 Å². The van der Waals surface area contributed by atoms with Crippen LogP contribution in [-0.2, 0) is 4.79 Å². The molecule has 1 saturated carbocycles. The summed E-state index contributed by atoms with van der Waals surface area (Å²) in [5, 5.41) is 14.8. The van der Waals surface area contributed by atoms with E-state index in [4.69, 9.17) is 5.26 Å². The Morgan fingerprint density at radius 1 is 1.53 bits per heavy atom. The molecule has 0 spiro atoms. The Balaban J connectivity index is 2.05. The van der Waals surface area contributed by atoms with Gasteiger partial charge in [0.25, 0.3) is 0 Å². The van der Waals surface area contributed by atoms with Crippen molar-refractivity contribution in [1.29, 1.82) is 5.26 Å². The second-order valence-corrected chi connectivity index (χ2v) is 4.75. The molecule has 4 nitrogen and oxygen atoms in total. The van der Waals surface area contributed by atoms with Gasteiger partial charge < -0.3 is 10.6 Å². The van der Waals surface area contributed by atoms with E-state index >= 15 is 0 Å². The summed E-state index contributed by atoms with van der Waals surface area (Å²) >= 11 is 0. The summed E-state index contributed by atoms with van der Waals surface area (Å²) in [5.74, 6) is 0.0199. The van der Waals surface area contributed by atoms with Crippen LogP contribution in [0, 0.1) is 16.7 Å². The van der Waals surface area contributed by atoms with Gasteiger partial charge >= 0.3 is 0 Å². The Morgan fingerprint density at radius 2 is 2.20 bits per heavy atom. The van der Waals surface area contributed by atoms with Crippen LogP contribution in [0.3, 0.4) is 0 Å². The summed E-state index contributed by atoms with van der Waals surface area (Å²) in [6, 6.07) is 2.80. The summed E-state index contributed by atoms with van der Waals surface area (Å²) in [4.78, 5) is 11.3. The minimum absolute atomic E-state index is 0.0199. The van der Waals surface area contributed by atoms with Crippen molar-refractivity contribution in [3.63, 3.8) is 0 Å². The molecule has 0 aromatic rings. The number of rotatable bonds is 6. The van der Waals surface area contributed by atoms with Gasteiger partial charge in [0.2, 0.25) is 5.91 Å². The van der Waals surface area contributed by atoms with Gasteiger partial charge in [-0.05, 0) is 26.7 Å². The number of carbonyl (C=O) groups excluding carboxylic acids is 1. The molecule has 0 aliphatic heterocycles. The molecule has 0 saturated heterocycles. The van der Waals surface area contributed by atoms with Crippen LogP contribution < -0.4 is 10.6 Å². The molecule has 15 heavy (non-hydrogen) atoms. The molecule has 0 heterocycles. The smallest absolute Gasteiger partial charge is 0.221 e. The topological polar surface area (TPSA) is 64.9 Å². The van der Waals surface area contributed by atoms with Gasteiger partial charge in [0.1, 0.15) is 0 Å². The molecule has 0 aromatic carbocycles. The minimum atomic E-state index is -0.473. The fraction of sp³-hybridized carbons (Fsp3) is 0.818. The van der Waals surface area contributed by atoms with E-state index in [1.807, 2.05) is 13.8 Å². The molecule has 0 bridgehead atoms. The number of nitrogens with one attached hydrogen (secondary N) is 2. The second-order valence-electron chi connectivity index (χ2n) is 4.75. The summed E-state index contributed by atoms with van der Waals surface area (Å²) in [6.07, 6.45) is 2.98. The number of carbonyl (C=O) groups is 1. The molecule has 1 amide bonds. The summed E-state index contributed by atoms with van der Waals surface area (Å²) in [6.45, 7) is 4.79. The average molecular weight is 209 g/mol. The van der Waals surface area contributed by atoms with E-state index in [0.29, 0.717) is 19.0 Å². The summed E-state index contributed by atoms with van der Waals surface area (Å²) in [7, 11) is 0. The minimum Gasteiger partial charge on any atom is -0.354 e. The van der Waals surface area contributed by atoms with E-state index in [1.165, 1.54) is 12.8 Å². The van der Waals surface area contributed by atoms with E-state index in [1.54, 1.807) is 0 Å². The Labute approximate surface area is 91.0 Å². The van der Waals surface area contributed by atoms with Crippen LogP contribution >= 0.6 is 0 Å². The van der Waals surface area contributed by atoms with E-state index in [-0.39, 0.29) is 5.91 Å². The van der Waals surface area contributed by atoms with Gasteiger partial charge in [0.05, 0.1) is 11.5 Å². The first-order valence-corrected chi connectivity index (χ1v) is 5.45. The number of amides is 1. The van der Waals surface area contributed by atoms with Crippen molar-refractivity contribution in [1.82, 2.24) is 10.6 Å². The molecule has 4 heteroatoms. The standard InChI is InChI=1S/C11H19N3O/c1-11(2,7-12)8-14-10(15)5-6-13-9-3-4-9/h9,13H,3-6,8H2,1-2H3,(H,14,15). The first kappa shape index (κ1) is 12.0. The fourth-order valence-electron chi connectivity index (χ4n) is 1.12. The maximum atomic E-state index is 11.3. The van der Waals surface area contributed by atoms with Crippen molar-refractivity contribution in [2.45, 2.75) is 39.2 Å². The predicted molar refractivity (Wildman–Crippen MR) is 58.0 cm³/mol. The highest BCUT2D eigenvalue weighted by Gasteiger charge is 2.20. The third-order valence-corrected chi connectivity index (χ3v) is 2.39. The molecule has 1 rings (SSSR count). The molecule has 84 valence electrons. The zero-order chi connectivity index (χ0) is 11.3. The van der Waals surface area contributed by atoms with E-state index in [9.17, 15) is 4.79 Å². The van der Waals surface area contributed by atoms with Crippen molar-refractivity contribution in [3.8, 4) is 6.07 Å². The Hall–Kier alpha value is -1.08. The lowest BCUT2D eigenvalue weighted by Crippen LogP contribution is -2.34. The van der Waals surface area contributed by atoms with Gasteiger partial charge in [-0.15, -0.1) is 0 Å². The van der Waals surface area contributed by atoms with E-state index in [2.05, 4.69) is 16.7 Å². The lowest BCUT2D eigenvalue weighted by atomic mass is 9.96. The van der Waals surface area contributed by atoms with Crippen LogP contribution in [-0.4, -0.2) is 25.0 Å². The molecule has 2 N–H and O–H groups in total. The zero-order valence-corrected chi connectivity index (χ0v) is 9.47. The van der Waals surface area contributed by atoms with Crippen molar-refractivity contribution >= 4 is 5.91 Å². The van der Waals surface area contributed by atoms with Crippen LogP contribution in [0.2, 0.25) is 0 Å². The summed E-state index contributed by atoms with van der Waals surface area (Å²) in [5.41, 5.74) is -0.473. The number of hydrogen-bond donors (Lipinski definition) is 2.